The molecule has 0 radical (unpaired) electrons. The predicted octanol–water partition coefficient (Wildman–Crippen LogP) is 1.85. The van der Waals surface area contributed by atoms with Crippen molar-refractivity contribution in [3.05, 3.63) is 42.0 Å². The van der Waals surface area contributed by atoms with Gasteiger partial charge in [0.25, 0.3) is 0 Å². The zero-order chi connectivity index (χ0) is 14.4. The Bertz CT molecular complexity index is 546. The average molecular weight is 402 g/mol. The van der Waals surface area contributed by atoms with E-state index in [0.29, 0.717) is 0 Å². The molecule has 7 heteroatoms. The molecule has 0 unspecified atom stereocenters. The van der Waals surface area contributed by atoms with Gasteiger partial charge in [-0.1, -0.05) is 0 Å². The first-order valence-electron chi connectivity index (χ1n) is 6.72. The lowest BCUT2D eigenvalue weighted by molar-refractivity contribution is 0.465. The molecule has 0 aliphatic rings. The van der Waals surface area contributed by atoms with Crippen LogP contribution in [0.25, 0.3) is 0 Å². The summed E-state index contributed by atoms with van der Waals surface area (Å²) < 4.78 is 1.93. The van der Waals surface area contributed by atoms with Crippen molar-refractivity contribution in [2.75, 3.05) is 20.6 Å². The summed E-state index contributed by atoms with van der Waals surface area (Å²) in [6.45, 7) is 4.46. The summed E-state index contributed by atoms with van der Waals surface area (Å²) in [4.78, 5) is 9.57. The molecular formula is C14H23IN6. The van der Waals surface area contributed by atoms with E-state index in [1.807, 2.05) is 43.3 Å². The molecule has 0 bridgehead atoms. The van der Waals surface area contributed by atoms with Gasteiger partial charge in [-0.2, -0.15) is 5.10 Å². The standard InChI is InChI=1S/C14H22N6.HI/c1-12-9-18-20(10-12)8-7-17-14(15-2)19(3)11-13-5-4-6-16-13;/h4-6,9-10,16H,7-8,11H2,1-3H3,(H,15,17);1H. The Labute approximate surface area is 142 Å². The van der Waals surface area contributed by atoms with E-state index >= 15 is 0 Å². The Morgan fingerprint density at radius 3 is 2.90 bits per heavy atom. The fourth-order valence-electron chi connectivity index (χ4n) is 2.05. The van der Waals surface area contributed by atoms with Gasteiger partial charge in [0.2, 0.25) is 0 Å². The fourth-order valence-corrected chi connectivity index (χ4v) is 2.05. The molecule has 0 spiro atoms. The van der Waals surface area contributed by atoms with Gasteiger partial charge < -0.3 is 15.2 Å². The van der Waals surface area contributed by atoms with E-state index in [2.05, 4.69) is 31.4 Å². The number of aliphatic imine (C=N–C) groups is 1. The van der Waals surface area contributed by atoms with E-state index in [-0.39, 0.29) is 24.0 Å². The number of H-pyrrole nitrogens is 1. The molecule has 2 N–H and O–H groups in total. The highest BCUT2D eigenvalue weighted by molar-refractivity contribution is 14.0. The Balaban J connectivity index is 0.00000220. The highest BCUT2D eigenvalue weighted by atomic mass is 127. The number of nitrogens with zero attached hydrogens (tertiary/aromatic N) is 4. The number of hydrogen-bond acceptors (Lipinski definition) is 2. The second-order valence-corrected chi connectivity index (χ2v) is 4.81. The van der Waals surface area contributed by atoms with E-state index in [1.165, 1.54) is 5.56 Å². The first kappa shape index (κ1) is 17.5. The van der Waals surface area contributed by atoms with Crippen LogP contribution in [-0.2, 0) is 13.1 Å². The molecule has 0 saturated carbocycles. The summed E-state index contributed by atoms with van der Waals surface area (Å²) in [5.41, 5.74) is 2.34. The number of rotatable bonds is 5. The monoisotopic (exact) mass is 402 g/mol. The SMILES string of the molecule is CN=C(NCCn1cc(C)cn1)N(C)Cc1ccc[nH]1.I. The second-order valence-electron chi connectivity index (χ2n) is 4.81. The van der Waals surface area contributed by atoms with Crippen LogP contribution in [0.4, 0.5) is 0 Å². The molecule has 21 heavy (non-hydrogen) atoms. The smallest absolute Gasteiger partial charge is 0.193 e. The molecule has 0 fully saturated rings. The van der Waals surface area contributed by atoms with Crippen molar-refractivity contribution in [2.24, 2.45) is 4.99 Å². The van der Waals surface area contributed by atoms with Crippen LogP contribution in [0.3, 0.4) is 0 Å². The summed E-state index contributed by atoms with van der Waals surface area (Å²) in [5, 5.41) is 7.60. The Morgan fingerprint density at radius 2 is 2.33 bits per heavy atom. The van der Waals surface area contributed by atoms with Crippen molar-refractivity contribution in [1.82, 2.24) is 25.0 Å². The number of halogens is 1. The molecule has 0 aromatic carbocycles. The Morgan fingerprint density at radius 1 is 1.52 bits per heavy atom. The van der Waals surface area contributed by atoms with E-state index < -0.39 is 0 Å². The van der Waals surface area contributed by atoms with Gasteiger partial charge in [-0.3, -0.25) is 9.67 Å². The van der Waals surface area contributed by atoms with Crippen LogP contribution in [0.1, 0.15) is 11.3 Å². The second kappa shape index (κ2) is 8.71. The number of aromatic amines is 1. The van der Waals surface area contributed by atoms with Crippen LogP contribution in [0.5, 0.6) is 0 Å². The summed E-state index contributed by atoms with van der Waals surface area (Å²) in [6.07, 6.45) is 5.83. The lowest BCUT2D eigenvalue weighted by atomic mass is 10.4. The minimum absolute atomic E-state index is 0. The minimum Gasteiger partial charge on any atom is -0.364 e. The van der Waals surface area contributed by atoms with E-state index in [4.69, 9.17) is 0 Å². The number of aryl methyl sites for hydroxylation is 1. The normalized spacial score (nSPS) is 11.1. The highest BCUT2D eigenvalue weighted by Crippen LogP contribution is 2.00. The summed E-state index contributed by atoms with van der Waals surface area (Å²) in [6, 6.07) is 4.07. The van der Waals surface area contributed by atoms with Crippen molar-refractivity contribution < 1.29 is 0 Å². The van der Waals surface area contributed by atoms with E-state index in [0.717, 1.165) is 31.3 Å². The molecule has 0 atom stereocenters. The van der Waals surface area contributed by atoms with E-state index in [1.54, 1.807) is 7.05 Å². The van der Waals surface area contributed by atoms with Crippen molar-refractivity contribution in [2.45, 2.75) is 20.0 Å². The molecule has 0 saturated heterocycles. The molecular weight excluding hydrogens is 379 g/mol. The lowest BCUT2D eigenvalue weighted by Crippen LogP contribution is -2.39. The average Bonchev–Trinajstić information content (AvgIpc) is 3.06. The van der Waals surface area contributed by atoms with Crippen LogP contribution in [0, 0.1) is 6.92 Å². The molecule has 116 valence electrons. The summed E-state index contributed by atoms with van der Waals surface area (Å²) in [7, 11) is 3.82. The first-order valence-corrected chi connectivity index (χ1v) is 6.72. The first-order chi connectivity index (χ1) is 9.69. The number of hydrogen-bond donors (Lipinski definition) is 2. The molecule has 2 rings (SSSR count). The Kier molecular flexibility index (Phi) is 7.27. The van der Waals surface area contributed by atoms with Gasteiger partial charge in [-0.05, 0) is 24.6 Å². The molecule has 0 aliphatic carbocycles. The lowest BCUT2D eigenvalue weighted by Gasteiger charge is -2.21. The molecule has 2 aromatic heterocycles. The highest BCUT2D eigenvalue weighted by Gasteiger charge is 2.06. The molecule has 6 nitrogen and oxygen atoms in total. The third-order valence-corrected chi connectivity index (χ3v) is 3.03. The molecule has 0 amide bonds. The molecule has 0 aliphatic heterocycles. The number of nitrogens with one attached hydrogen (secondary N) is 2. The summed E-state index contributed by atoms with van der Waals surface area (Å²) in [5.74, 6) is 0.878. The number of aromatic nitrogens is 3. The maximum atomic E-state index is 4.29. The predicted molar refractivity (Wildman–Crippen MR) is 96.0 cm³/mol. The third kappa shape index (κ3) is 5.41. The van der Waals surface area contributed by atoms with Crippen molar-refractivity contribution in [3.8, 4) is 0 Å². The van der Waals surface area contributed by atoms with Crippen LogP contribution in [-0.4, -0.2) is 46.3 Å². The topological polar surface area (TPSA) is 61.2 Å². The van der Waals surface area contributed by atoms with Crippen molar-refractivity contribution in [3.63, 3.8) is 0 Å². The van der Waals surface area contributed by atoms with Gasteiger partial charge in [0.05, 0.1) is 19.3 Å². The van der Waals surface area contributed by atoms with Crippen molar-refractivity contribution >= 4 is 29.9 Å². The van der Waals surface area contributed by atoms with Crippen LogP contribution >= 0.6 is 24.0 Å². The quantitative estimate of drug-likeness (QED) is 0.456. The van der Waals surface area contributed by atoms with Gasteiger partial charge >= 0.3 is 0 Å². The van der Waals surface area contributed by atoms with Gasteiger partial charge in [0.15, 0.2) is 5.96 Å². The fraction of sp³-hybridized carbons (Fsp3) is 0.429. The summed E-state index contributed by atoms with van der Waals surface area (Å²) >= 11 is 0. The Hall–Kier alpha value is -1.51. The number of guanidine groups is 1. The van der Waals surface area contributed by atoms with Gasteiger partial charge in [0, 0.05) is 38.7 Å². The van der Waals surface area contributed by atoms with Crippen LogP contribution < -0.4 is 5.32 Å². The third-order valence-electron chi connectivity index (χ3n) is 3.03. The van der Waals surface area contributed by atoms with Crippen LogP contribution in [0.2, 0.25) is 0 Å². The van der Waals surface area contributed by atoms with E-state index in [9.17, 15) is 0 Å². The zero-order valence-electron chi connectivity index (χ0n) is 12.7. The van der Waals surface area contributed by atoms with Gasteiger partial charge in [-0.25, -0.2) is 0 Å². The zero-order valence-corrected chi connectivity index (χ0v) is 15.0. The molecule has 2 aromatic rings. The van der Waals surface area contributed by atoms with Gasteiger partial charge in [0.1, 0.15) is 0 Å². The molecule has 2 heterocycles. The largest absolute Gasteiger partial charge is 0.364 e. The maximum Gasteiger partial charge on any atom is 0.193 e. The van der Waals surface area contributed by atoms with Crippen LogP contribution in [0.15, 0.2) is 35.7 Å². The maximum absolute atomic E-state index is 4.29. The minimum atomic E-state index is 0. The van der Waals surface area contributed by atoms with Gasteiger partial charge in [-0.15, -0.1) is 24.0 Å². The van der Waals surface area contributed by atoms with Crippen molar-refractivity contribution in [1.29, 1.82) is 0 Å².